The molecule has 17 heavy (non-hydrogen) atoms. The number of hydrogen-bond donors (Lipinski definition) is 1. The van der Waals surface area contributed by atoms with Gasteiger partial charge in [0.1, 0.15) is 12.9 Å². The zero-order chi connectivity index (χ0) is 11.9. The first kappa shape index (κ1) is 12.5. The first-order valence-corrected chi connectivity index (χ1v) is 6.55. The monoisotopic (exact) mass is 238 g/mol. The van der Waals surface area contributed by atoms with E-state index in [0.717, 1.165) is 38.5 Å². The largest absolute Gasteiger partial charge is 0.373 e. The smallest absolute Gasteiger partial charge is 0.152 e. The highest BCUT2D eigenvalue weighted by Gasteiger charge is 2.13. The van der Waals surface area contributed by atoms with Crippen molar-refractivity contribution in [1.29, 1.82) is 0 Å². The van der Waals surface area contributed by atoms with Crippen molar-refractivity contribution >= 4 is 0 Å². The maximum atomic E-state index is 5.75. The van der Waals surface area contributed by atoms with E-state index in [-0.39, 0.29) is 0 Å². The lowest BCUT2D eigenvalue weighted by molar-refractivity contribution is 0.0700. The summed E-state index contributed by atoms with van der Waals surface area (Å²) >= 11 is 0. The lowest BCUT2D eigenvalue weighted by Gasteiger charge is -2.22. The standard InChI is InChI=1S/C12H22N4O/c1-2-7-16-12(14-10-15-16)9-17-8-11-3-5-13-6-4-11/h10-11,13H,2-9H2,1H3. The van der Waals surface area contributed by atoms with Crippen LogP contribution in [0.2, 0.25) is 0 Å². The van der Waals surface area contributed by atoms with E-state index in [9.17, 15) is 0 Å². The van der Waals surface area contributed by atoms with Gasteiger partial charge in [-0.2, -0.15) is 5.10 Å². The third-order valence-electron chi connectivity index (χ3n) is 3.17. The summed E-state index contributed by atoms with van der Waals surface area (Å²) in [6, 6.07) is 0. The molecule has 0 saturated carbocycles. The molecule has 1 fully saturated rings. The highest BCUT2D eigenvalue weighted by atomic mass is 16.5. The predicted octanol–water partition coefficient (Wildman–Crippen LogP) is 1.20. The Morgan fingerprint density at radius 1 is 1.47 bits per heavy atom. The van der Waals surface area contributed by atoms with Gasteiger partial charge in [0.25, 0.3) is 0 Å². The van der Waals surface area contributed by atoms with E-state index in [1.54, 1.807) is 6.33 Å². The van der Waals surface area contributed by atoms with Gasteiger partial charge in [-0.05, 0) is 38.3 Å². The summed E-state index contributed by atoms with van der Waals surface area (Å²) in [6.45, 7) is 6.75. The van der Waals surface area contributed by atoms with Crippen LogP contribution in [0.5, 0.6) is 0 Å². The Hall–Kier alpha value is -0.940. The fraction of sp³-hybridized carbons (Fsp3) is 0.833. The van der Waals surface area contributed by atoms with E-state index in [4.69, 9.17) is 4.74 Å². The molecule has 0 atom stereocenters. The van der Waals surface area contributed by atoms with Gasteiger partial charge in [0.2, 0.25) is 0 Å². The second kappa shape index (κ2) is 6.71. The molecule has 5 heteroatoms. The lowest BCUT2D eigenvalue weighted by Crippen LogP contribution is -2.30. The number of aryl methyl sites for hydroxylation is 1. The Labute approximate surface area is 103 Å². The van der Waals surface area contributed by atoms with E-state index in [1.165, 1.54) is 12.8 Å². The molecule has 5 nitrogen and oxygen atoms in total. The van der Waals surface area contributed by atoms with Crippen molar-refractivity contribution in [3.05, 3.63) is 12.2 Å². The number of nitrogens with one attached hydrogen (secondary N) is 1. The third kappa shape index (κ3) is 3.78. The topological polar surface area (TPSA) is 52.0 Å². The van der Waals surface area contributed by atoms with Crippen LogP contribution in [0.15, 0.2) is 6.33 Å². The van der Waals surface area contributed by atoms with Gasteiger partial charge >= 0.3 is 0 Å². The van der Waals surface area contributed by atoms with Crippen molar-refractivity contribution in [2.45, 2.75) is 39.3 Å². The molecule has 1 aliphatic heterocycles. The number of ether oxygens (including phenoxy) is 1. The molecule has 0 aromatic carbocycles. The van der Waals surface area contributed by atoms with Crippen molar-refractivity contribution in [2.24, 2.45) is 5.92 Å². The zero-order valence-electron chi connectivity index (χ0n) is 10.6. The SMILES string of the molecule is CCCn1ncnc1COCC1CCNCC1. The van der Waals surface area contributed by atoms with Crippen molar-refractivity contribution in [1.82, 2.24) is 20.1 Å². The van der Waals surface area contributed by atoms with Crippen LogP contribution in [0.25, 0.3) is 0 Å². The molecular formula is C12H22N4O. The summed E-state index contributed by atoms with van der Waals surface area (Å²) in [6.07, 6.45) is 5.13. The second-order valence-corrected chi connectivity index (χ2v) is 4.61. The van der Waals surface area contributed by atoms with Gasteiger partial charge in [-0.25, -0.2) is 9.67 Å². The van der Waals surface area contributed by atoms with Crippen molar-refractivity contribution in [2.75, 3.05) is 19.7 Å². The van der Waals surface area contributed by atoms with Crippen LogP contribution in [-0.2, 0) is 17.9 Å². The quantitative estimate of drug-likeness (QED) is 0.809. The van der Waals surface area contributed by atoms with Crippen LogP contribution in [0.3, 0.4) is 0 Å². The van der Waals surface area contributed by atoms with Crippen LogP contribution in [0.4, 0.5) is 0 Å². The van der Waals surface area contributed by atoms with Gasteiger partial charge in [0, 0.05) is 6.54 Å². The van der Waals surface area contributed by atoms with E-state index >= 15 is 0 Å². The van der Waals surface area contributed by atoms with Gasteiger partial charge in [-0.15, -0.1) is 0 Å². The average molecular weight is 238 g/mol. The summed E-state index contributed by atoms with van der Waals surface area (Å²) in [7, 11) is 0. The second-order valence-electron chi connectivity index (χ2n) is 4.61. The Kier molecular flexibility index (Phi) is 4.94. The van der Waals surface area contributed by atoms with Crippen LogP contribution in [0.1, 0.15) is 32.0 Å². The minimum Gasteiger partial charge on any atom is -0.373 e. The Morgan fingerprint density at radius 2 is 2.29 bits per heavy atom. The van der Waals surface area contributed by atoms with Gasteiger partial charge in [0.05, 0.1) is 6.61 Å². The molecule has 1 N–H and O–H groups in total. The number of rotatable bonds is 6. The highest BCUT2D eigenvalue weighted by Crippen LogP contribution is 2.12. The summed E-state index contributed by atoms with van der Waals surface area (Å²) in [5.41, 5.74) is 0. The van der Waals surface area contributed by atoms with E-state index < -0.39 is 0 Å². The van der Waals surface area contributed by atoms with Crippen LogP contribution < -0.4 is 5.32 Å². The first-order valence-electron chi connectivity index (χ1n) is 6.55. The predicted molar refractivity (Wildman–Crippen MR) is 65.6 cm³/mol. The molecule has 1 saturated heterocycles. The molecular weight excluding hydrogens is 216 g/mol. The lowest BCUT2D eigenvalue weighted by atomic mass is 9.99. The summed E-state index contributed by atoms with van der Waals surface area (Å²) in [4.78, 5) is 4.23. The highest BCUT2D eigenvalue weighted by molar-refractivity contribution is 4.81. The Morgan fingerprint density at radius 3 is 3.06 bits per heavy atom. The molecule has 0 amide bonds. The maximum Gasteiger partial charge on any atom is 0.152 e. The summed E-state index contributed by atoms with van der Waals surface area (Å²) in [5.74, 6) is 1.65. The molecule has 0 aliphatic carbocycles. The van der Waals surface area contributed by atoms with E-state index in [1.807, 2.05) is 4.68 Å². The minimum absolute atomic E-state index is 0.587. The molecule has 1 aromatic heterocycles. The molecule has 0 bridgehead atoms. The molecule has 1 aliphatic rings. The summed E-state index contributed by atoms with van der Waals surface area (Å²) < 4.78 is 7.69. The molecule has 0 radical (unpaired) electrons. The summed E-state index contributed by atoms with van der Waals surface area (Å²) in [5, 5.41) is 7.55. The van der Waals surface area contributed by atoms with E-state index in [2.05, 4.69) is 22.3 Å². The normalized spacial score (nSPS) is 17.5. The molecule has 96 valence electrons. The van der Waals surface area contributed by atoms with Crippen molar-refractivity contribution < 1.29 is 4.74 Å². The number of nitrogens with zero attached hydrogens (tertiary/aromatic N) is 3. The molecule has 0 unspecified atom stereocenters. The van der Waals surface area contributed by atoms with Crippen LogP contribution in [0, 0.1) is 5.92 Å². The number of hydrogen-bond acceptors (Lipinski definition) is 4. The molecule has 2 rings (SSSR count). The van der Waals surface area contributed by atoms with Crippen molar-refractivity contribution in [3.63, 3.8) is 0 Å². The van der Waals surface area contributed by atoms with Crippen molar-refractivity contribution in [3.8, 4) is 0 Å². The number of aromatic nitrogens is 3. The van der Waals surface area contributed by atoms with Crippen LogP contribution in [-0.4, -0.2) is 34.5 Å². The fourth-order valence-electron chi connectivity index (χ4n) is 2.16. The average Bonchev–Trinajstić information content (AvgIpc) is 2.79. The molecule has 1 aromatic rings. The Balaban J connectivity index is 1.71. The van der Waals surface area contributed by atoms with Gasteiger partial charge in [0.15, 0.2) is 5.82 Å². The minimum atomic E-state index is 0.587. The third-order valence-corrected chi connectivity index (χ3v) is 3.17. The van der Waals surface area contributed by atoms with Crippen LogP contribution >= 0.6 is 0 Å². The maximum absolute atomic E-state index is 5.75. The first-order chi connectivity index (χ1) is 8.40. The molecule has 2 heterocycles. The van der Waals surface area contributed by atoms with Gasteiger partial charge in [-0.3, -0.25) is 0 Å². The van der Waals surface area contributed by atoms with E-state index in [0.29, 0.717) is 12.5 Å². The Bertz CT molecular complexity index is 320. The van der Waals surface area contributed by atoms with Gasteiger partial charge < -0.3 is 10.1 Å². The molecule has 0 spiro atoms. The van der Waals surface area contributed by atoms with Gasteiger partial charge in [-0.1, -0.05) is 6.92 Å². The fourth-order valence-corrected chi connectivity index (χ4v) is 2.16. The number of piperidine rings is 1. The zero-order valence-corrected chi connectivity index (χ0v) is 10.6.